The second kappa shape index (κ2) is 7.78. The van der Waals surface area contributed by atoms with E-state index in [9.17, 15) is 0 Å². The molecular formula is C23H24. The van der Waals surface area contributed by atoms with Gasteiger partial charge >= 0.3 is 0 Å². The van der Waals surface area contributed by atoms with Gasteiger partial charge in [-0.05, 0) is 40.7 Å². The summed E-state index contributed by atoms with van der Waals surface area (Å²) in [7, 11) is 0. The van der Waals surface area contributed by atoms with Gasteiger partial charge in [0, 0.05) is 0 Å². The average molecular weight is 300 g/mol. The van der Waals surface area contributed by atoms with Gasteiger partial charge < -0.3 is 0 Å². The molecule has 0 nitrogen and oxygen atoms in total. The molecule has 0 aliphatic carbocycles. The molecule has 0 aromatic heterocycles. The van der Waals surface area contributed by atoms with Gasteiger partial charge in [0.15, 0.2) is 0 Å². The number of hydrogen-bond donors (Lipinski definition) is 0. The van der Waals surface area contributed by atoms with Crippen LogP contribution in [0.2, 0.25) is 0 Å². The van der Waals surface area contributed by atoms with Gasteiger partial charge in [0.05, 0.1) is 0 Å². The van der Waals surface area contributed by atoms with Gasteiger partial charge in [0.2, 0.25) is 0 Å². The Morgan fingerprint density at radius 2 is 1.26 bits per heavy atom. The third kappa shape index (κ3) is 3.90. The topological polar surface area (TPSA) is 0 Å². The molecule has 0 heterocycles. The summed E-state index contributed by atoms with van der Waals surface area (Å²) < 4.78 is 0. The Balaban J connectivity index is 1.99. The quantitative estimate of drug-likeness (QED) is 0.441. The molecule has 0 aliphatic heterocycles. The van der Waals surface area contributed by atoms with E-state index in [1.54, 1.807) is 0 Å². The van der Waals surface area contributed by atoms with Crippen LogP contribution in [-0.2, 0) is 6.42 Å². The minimum Gasteiger partial charge on any atom is -0.0654 e. The lowest BCUT2D eigenvalue weighted by atomic mass is 9.92. The molecule has 0 spiro atoms. The largest absolute Gasteiger partial charge is 0.0654 e. The van der Waals surface area contributed by atoms with Gasteiger partial charge in [-0.3, -0.25) is 0 Å². The summed E-state index contributed by atoms with van der Waals surface area (Å²) in [5, 5.41) is 0. The fourth-order valence-electron chi connectivity index (χ4n) is 3.08. The highest BCUT2D eigenvalue weighted by molar-refractivity contribution is 5.73. The molecule has 0 aliphatic rings. The van der Waals surface area contributed by atoms with Crippen molar-refractivity contribution in [2.24, 2.45) is 0 Å². The van der Waals surface area contributed by atoms with E-state index >= 15 is 0 Å². The fourth-order valence-corrected chi connectivity index (χ4v) is 3.08. The van der Waals surface area contributed by atoms with Crippen LogP contribution in [-0.4, -0.2) is 0 Å². The van der Waals surface area contributed by atoms with Crippen LogP contribution in [0.4, 0.5) is 0 Å². The molecule has 0 saturated carbocycles. The maximum Gasteiger partial charge on any atom is -0.0151 e. The van der Waals surface area contributed by atoms with Crippen LogP contribution < -0.4 is 0 Å². The molecule has 0 unspecified atom stereocenters. The normalized spacial score (nSPS) is 10.7. The van der Waals surface area contributed by atoms with Gasteiger partial charge in [-0.15, -0.1) is 0 Å². The lowest BCUT2D eigenvalue weighted by Crippen LogP contribution is -1.92. The molecule has 0 N–H and O–H groups in total. The van der Waals surface area contributed by atoms with E-state index in [0.29, 0.717) is 0 Å². The molecule has 23 heavy (non-hydrogen) atoms. The number of unbranched alkanes of at least 4 members (excludes halogenated alkanes) is 2. The van der Waals surface area contributed by atoms with Crippen LogP contribution in [0.25, 0.3) is 22.3 Å². The third-order valence-electron chi connectivity index (χ3n) is 4.35. The molecule has 0 fully saturated rings. The summed E-state index contributed by atoms with van der Waals surface area (Å²) in [6.45, 7) is 2.26. The Labute approximate surface area is 139 Å². The molecule has 0 bridgehead atoms. The molecule has 0 radical (unpaired) electrons. The Morgan fingerprint density at radius 1 is 0.609 bits per heavy atom. The zero-order valence-corrected chi connectivity index (χ0v) is 13.8. The van der Waals surface area contributed by atoms with Crippen LogP contribution in [0.15, 0.2) is 78.9 Å². The van der Waals surface area contributed by atoms with Gasteiger partial charge in [-0.25, -0.2) is 0 Å². The number of rotatable bonds is 6. The highest BCUT2D eigenvalue weighted by Crippen LogP contribution is 2.30. The molecule has 3 aromatic rings. The zero-order chi connectivity index (χ0) is 15.9. The van der Waals surface area contributed by atoms with E-state index in [1.165, 1.54) is 47.1 Å². The summed E-state index contributed by atoms with van der Waals surface area (Å²) in [4.78, 5) is 0. The monoisotopic (exact) mass is 300 g/mol. The molecule has 3 rings (SSSR count). The molecular weight excluding hydrogens is 276 g/mol. The van der Waals surface area contributed by atoms with Gasteiger partial charge in [0.1, 0.15) is 0 Å². The highest BCUT2D eigenvalue weighted by Gasteiger charge is 2.07. The first-order chi connectivity index (χ1) is 11.4. The molecule has 3 aromatic carbocycles. The van der Waals surface area contributed by atoms with Gasteiger partial charge in [-0.2, -0.15) is 0 Å². The predicted octanol–water partition coefficient (Wildman–Crippen LogP) is 6.75. The van der Waals surface area contributed by atoms with Crippen molar-refractivity contribution >= 4 is 0 Å². The number of hydrogen-bond acceptors (Lipinski definition) is 0. The Morgan fingerprint density at radius 3 is 1.91 bits per heavy atom. The van der Waals surface area contributed by atoms with Crippen molar-refractivity contribution in [3.05, 3.63) is 84.4 Å². The molecule has 0 heteroatoms. The van der Waals surface area contributed by atoms with Crippen LogP contribution in [0.5, 0.6) is 0 Å². The van der Waals surface area contributed by atoms with Gasteiger partial charge in [-0.1, -0.05) is 98.6 Å². The van der Waals surface area contributed by atoms with Crippen LogP contribution >= 0.6 is 0 Å². The average Bonchev–Trinajstić information content (AvgIpc) is 2.63. The minimum atomic E-state index is 1.15. The molecule has 0 saturated heterocycles. The van der Waals surface area contributed by atoms with Crippen molar-refractivity contribution in [3.63, 3.8) is 0 Å². The van der Waals surface area contributed by atoms with E-state index in [0.717, 1.165) is 6.42 Å². The minimum absolute atomic E-state index is 1.15. The second-order valence-corrected chi connectivity index (χ2v) is 6.06. The Hall–Kier alpha value is -2.34. The summed E-state index contributed by atoms with van der Waals surface area (Å²) >= 11 is 0. The van der Waals surface area contributed by atoms with Crippen molar-refractivity contribution in [1.29, 1.82) is 0 Å². The van der Waals surface area contributed by atoms with Crippen molar-refractivity contribution in [3.8, 4) is 22.3 Å². The molecule has 116 valence electrons. The summed E-state index contributed by atoms with van der Waals surface area (Å²) in [6.07, 6.45) is 4.97. The number of benzene rings is 3. The Kier molecular flexibility index (Phi) is 5.26. The first-order valence-corrected chi connectivity index (χ1v) is 8.62. The van der Waals surface area contributed by atoms with E-state index in [1.807, 2.05) is 0 Å². The SMILES string of the molecule is CCCCCc1cc(-c2ccccc2)ccc1-c1ccccc1. The molecule has 0 amide bonds. The Bertz CT molecular complexity index is 727. The molecule has 0 atom stereocenters. The fraction of sp³-hybridized carbons (Fsp3) is 0.217. The van der Waals surface area contributed by atoms with E-state index in [4.69, 9.17) is 0 Å². The smallest absolute Gasteiger partial charge is 0.0151 e. The first-order valence-electron chi connectivity index (χ1n) is 8.62. The van der Waals surface area contributed by atoms with Crippen LogP contribution in [0.1, 0.15) is 31.7 Å². The van der Waals surface area contributed by atoms with E-state index in [-0.39, 0.29) is 0 Å². The summed E-state index contributed by atoms with van der Waals surface area (Å²) in [6, 6.07) is 28.3. The van der Waals surface area contributed by atoms with E-state index in [2.05, 4.69) is 85.8 Å². The van der Waals surface area contributed by atoms with Crippen LogP contribution in [0.3, 0.4) is 0 Å². The van der Waals surface area contributed by atoms with Crippen molar-refractivity contribution in [2.75, 3.05) is 0 Å². The lowest BCUT2D eigenvalue weighted by Gasteiger charge is -2.13. The van der Waals surface area contributed by atoms with Crippen molar-refractivity contribution < 1.29 is 0 Å². The summed E-state index contributed by atoms with van der Waals surface area (Å²) in [5.74, 6) is 0. The first kappa shape index (κ1) is 15.6. The maximum absolute atomic E-state index is 2.38. The van der Waals surface area contributed by atoms with E-state index < -0.39 is 0 Å². The number of aryl methyl sites for hydroxylation is 1. The predicted molar refractivity (Wildman–Crippen MR) is 101 cm³/mol. The maximum atomic E-state index is 2.38. The van der Waals surface area contributed by atoms with Crippen LogP contribution in [0, 0.1) is 0 Å². The van der Waals surface area contributed by atoms with Gasteiger partial charge in [0.25, 0.3) is 0 Å². The van der Waals surface area contributed by atoms with Crippen molar-refractivity contribution in [1.82, 2.24) is 0 Å². The summed E-state index contributed by atoms with van der Waals surface area (Å²) in [5.41, 5.74) is 6.77. The zero-order valence-electron chi connectivity index (χ0n) is 13.8. The lowest BCUT2D eigenvalue weighted by molar-refractivity contribution is 0.718. The standard InChI is InChI=1S/C23H24/c1-2-3-6-15-22-18-21(19-11-7-4-8-12-19)16-17-23(22)20-13-9-5-10-14-20/h4-5,7-14,16-18H,2-3,6,15H2,1H3. The highest BCUT2D eigenvalue weighted by atomic mass is 14.1. The third-order valence-corrected chi connectivity index (χ3v) is 4.35. The van der Waals surface area contributed by atoms with Crippen molar-refractivity contribution in [2.45, 2.75) is 32.6 Å². The second-order valence-electron chi connectivity index (χ2n) is 6.06.